The van der Waals surface area contributed by atoms with Gasteiger partial charge in [-0.3, -0.25) is 9.69 Å². The minimum absolute atomic E-state index is 0.128. The van der Waals surface area contributed by atoms with Crippen molar-refractivity contribution >= 4 is 23.8 Å². The highest BCUT2D eigenvalue weighted by Gasteiger charge is 2.50. The van der Waals surface area contributed by atoms with Crippen LogP contribution in [0, 0.1) is 0 Å². The first kappa shape index (κ1) is 20.7. The summed E-state index contributed by atoms with van der Waals surface area (Å²) in [7, 11) is 0. The Hall–Kier alpha value is -1.57. The molecule has 6 nitrogen and oxygen atoms in total. The molecule has 26 heavy (non-hydrogen) atoms. The van der Waals surface area contributed by atoms with E-state index in [-0.39, 0.29) is 5.78 Å². The van der Waals surface area contributed by atoms with Gasteiger partial charge in [0.1, 0.15) is 0 Å². The van der Waals surface area contributed by atoms with Crippen molar-refractivity contribution in [1.82, 2.24) is 9.21 Å². The third-order valence-corrected chi connectivity index (χ3v) is 6.00. The van der Waals surface area contributed by atoms with E-state index in [0.29, 0.717) is 18.7 Å². The number of amides is 1. The molecule has 144 valence electrons. The van der Waals surface area contributed by atoms with Gasteiger partial charge in [0, 0.05) is 25.3 Å². The normalized spacial score (nSPS) is 17.0. The van der Waals surface area contributed by atoms with Crippen molar-refractivity contribution in [3.63, 3.8) is 0 Å². The Morgan fingerprint density at radius 1 is 1.23 bits per heavy atom. The van der Waals surface area contributed by atoms with Crippen molar-refractivity contribution < 1.29 is 14.7 Å². The average molecular weight is 380 g/mol. The average Bonchev–Trinajstić information content (AvgIpc) is 3.15. The molecule has 0 radical (unpaired) electrons. The fourth-order valence-electron chi connectivity index (χ4n) is 3.49. The summed E-state index contributed by atoms with van der Waals surface area (Å²) < 4.78 is 1.30. The minimum atomic E-state index is -1.17. The van der Waals surface area contributed by atoms with Crippen molar-refractivity contribution in [2.75, 3.05) is 25.4 Å². The molecular formula is C19H29N3O3S. The number of ketones is 1. The van der Waals surface area contributed by atoms with Crippen LogP contribution in [-0.2, 0) is 11.2 Å². The van der Waals surface area contributed by atoms with Crippen LogP contribution in [0.1, 0.15) is 38.2 Å². The standard InChI is InChI=1S/C19H29N3O3S/c1-16(23)19(21-12-6-7-13-21,15-17-9-3-2-4-10-17)22(18(24)25)26-14-8-5-11-20/h2-4,9-10H,5-8,11-15,20H2,1H3,(H,24,25). The lowest BCUT2D eigenvalue weighted by Crippen LogP contribution is -2.64. The lowest BCUT2D eigenvalue weighted by molar-refractivity contribution is -0.135. The van der Waals surface area contributed by atoms with Gasteiger partial charge in [0.2, 0.25) is 0 Å². The fraction of sp³-hybridized carbons (Fsp3) is 0.579. The number of rotatable bonds is 10. The lowest BCUT2D eigenvalue weighted by Gasteiger charge is -2.45. The molecule has 0 aliphatic carbocycles. The summed E-state index contributed by atoms with van der Waals surface area (Å²) >= 11 is 1.23. The predicted molar refractivity (Wildman–Crippen MR) is 105 cm³/mol. The van der Waals surface area contributed by atoms with E-state index in [2.05, 4.69) is 0 Å². The van der Waals surface area contributed by atoms with Crippen LogP contribution in [0.15, 0.2) is 30.3 Å². The topological polar surface area (TPSA) is 86.9 Å². The summed E-state index contributed by atoms with van der Waals surface area (Å²) in [6.45, 7) is 3.57. The highest BCUT2D eigenvalue weighted by molar-refractivity contribution is 7.97. The zero-order chi connectivity index (χ0) is 19.0. The number of nitrogens with two attached hydrogens (primary N) is 1. The number of benzene rings is 1. The first-order valence-corrected chi connectivity index (χ1v) is 10.1. The van der Waals surface area contributed by atoms with E-state index in [1.807, 2.05) is 35.2 Å². The lowest BCUT2D eigenvalue weighted by atomic mass is 9.94. The van der Waals surface area contributed by atoms with E-state index in [4.69, 9.17) is 5.73 Å². The molecule has 1 aromatic carbocycles. The Kier molecular flexibility index (Phi) is 7.93. The molecule has 0 spiro atoms. The number of Topliss-reactive ketones (excluding diaryl/α,β-unsaturated/α-hetero) is 1. The maximum Gasteiger partial charge on any atom is 0.419 e. The van der Waals surface area contributed by atoms with Crippen molar-refractivity contribution in [1.29, 1.82) is 0 Å². The molecule has 1 unspecified atom stereocenters. The second kappa shape index (κ2) is 9.94. The van der Waals surface area contributed by atoms with Crippen LogP contribution >= 0.6 is 11.9 Å². The highest BCUT2D eigenvalue weighted by atomic mass is 32.2. The second-order valence-corrected chi connectivity index (χ2v) is 7.67. The third kappa shape index (κ3) is 4.78. The van der Waals surface area contributed by atoms with Crippen LogP contribution in [0.4, 0.5) is 4.79 Å². The molecule has 0 saturated carbocycles. The van der Waals surface area contributed by atoms with Gasteiger partial charge in [0.05, 0.1) is 0 Å². The summed E-state index contributed by atoms with van der Waals surface area (Å²) in [6.07, 6.45) is 2.92. The second-order valence-electron chi connectivity index (χ2n) is 6.64. The first-order valence-electron chi connectivity index (χ1n) is 9.18. The third-order valence-electron chi connectivity index (χ3n) is 4.82. The molecule has 0 aromatic heterocycles. The quantitative estimate of drug-likeness (QED) is 0.480. The number of hydrogen-bond donors (Lipinski definition) is 2. The number of nitrogens with zero attached hydrogens (tertiary/aromatic N) is 2. The monoisotopic (exact) mass is 379 g/mol. The van der Waals surface area contributed by atoms with Gasteiger partial charge in [-0.15, -0.1) is 0 Å². The molecule has 1 heterocycles. The van der Waals surface area contributed by atoms with E-state index in [1.54, 1.807) is 0 Å². The summed E-state index contributed by atoms with van der Waals surface area (Å²) in [5.41, 5.74) is 5.33. The van der Waals surface area contributed by atoms with Crippen LogP contribution < -0.4 is 5.73 Å². The van der Waals surface area contributed by atoms with Gasteiger partial charge < -0.3 is 10.8 Å². The molecule has 2 rings (SSSR count). The van der Waals surface area contributed by atoms with Crippen molar-refractivity contribution in [2.45, 2.75) is 44.7 Å². The number of unbranched alkanes of at least 4 members (excludes halogenated alkanes) is 1. The fourth-order valence-corrected chi connectivity index (χ4v) is 4.64. The Balaban J connectivity index is 2.37. The van der Waals surface area contributed by atoms with Crippen LogP contribution in [0.3, 0.4) is 0 Å². The number of carbonyl (C=O) groups is 2. The van der Waals surface area contributed by atoms with Gasteiger partial charge in [0.25, 0.3) is 0 Å². The van der Waals surface area contributed by atoms with Gasteiger partial charge in [-0.25, -0.2) is 9.10 Å². The summed E-state index contributed by atoms with van der Waals surface area (Å²) in [6, 6.07) is 9.67. The van der Waals surface area contributed by atoms with Gasteiger partial charge in [-0.05, 0) is 56.7 Å². The molecule has 1 saturated heterocycles. The van der Waals surface area contributed by atoms with E-state index >= 15 is 0 Å². The van der Waals surface area contributed by atoms with Crippen molar-refractivity contribution in [3.05, 3.63) is 35.9 Å². The molecule has 7 heteroatoms. The van der Waals surface area contributed by atoms with Gasteiger partial charge >= 0.3 is 6.09 Å². The van der Waals surface area contributed by atoms with Crippen molar-refractivity contribution in [3.8, 4) is 0 Å². The first-order chi connectivity index (χ1) is 12.5. The largest absolute Gasteiger partial charge is 0.464 e. The minimum Gasteiger partial charge on any atom is -0.464 e. The molecule has 1 aliphatic heterocycles. The highest BCUT2D eigenvalue weighted by Crippen LogP contribution is 2.35. The van der Waals surface area contributed by atoms with Crippen LogP contribution in [-0.4, -0.2) is 57.2 Å². The SMILES string of the molecule is CC(=O)C(Cc1ccccc1)(N1CCCC1)N(SCCCCN)C(=O)O. The van der Waals surface area contributed by atoms with E-state index in [9.17, 15) is 14.7 Å². The van der Waals surface area contributed by atoms with E-state index < -0.39 is 11.8 Å². The summed E-state index contributed by atoms with van der Waals surface area (Å²) in [5, 5.41) is 9.95. The predicted octanol–water partition coefficient (Wildman–Crippen LogP) is 2.98. The van der Waals surface area contributed by atoms with Crippen LogP contribution in [0.5, 0.6) is 0 Å². The Morgan fingerprint density at radius 2 is 1.88 bits per heavy atom. The number of likely N-dealkylation sites (tertiary alicyclic amines) is 1. The molecule has 1 fully saturated rings. The van der Waals surface area contributed by atoms with E-state index in [1.165, 1.54) is 23.2 Å². The van der Waals surface area contributed by atoms with Crippen LogP contribution in [0.25, 0.3) is 0 Å². The summed E-state index contributed by atoms with van der Waals surface area (Å²) in [5.74, 6) is 0.498. The molecule has 1 aliphatic rings. The smallest absolute Gasteiger partial charge is 0.419 e. The molecule has 1 atom stereocenters. The molecule has 1 amide bonds. The maximum atomic E-state index is 12.9. The molecule has 3 N–H and O–H groups in total. The van der Waals surface area contributed by atoms with Gasteiger partial charge in [-0.2, -0.15) is 0 Å². The Bertz CT molecular complexity index is 593. The molecule has 0 bridgehead atoms. The molecular weight excluding hydrogens is 350 g/mol. The van der Waals surface area contributed by atoms with Gasteiger partial charge in [0.15, 0.2) is 11.4 Å². The Morgan fingerprint density at radius 3 is 2.42 bits per heavy atom. The zero-order valence-electron chi connectivity index (χ0n) is 15.4. The summed E-state index contributed by atoms with van der Waals surface area (Å²) in [4.78, 5) is 27.1. The number of carboxylic acid groups (broad SMARTS) is 1. The molecule has 1 aromatic rings. The zero-order valence-corrected chi connectivity index (χ0v) is 16.2. The van der Waals surface area contributed by atoms with Crippen molar-refractivity contribution in [2.24, 2.45) is 5.73 Å². The van der Waals surface area contributed by atoms with Gasteiger partial charge in [-0.1, -0.05) is 30.3 Å². The number of carbonyl (C=O) groups excluding carboxylic acids is 1. The number of hydrogen-bond acceptors (Lipinski definition) is 5. The van der Waals surface area contributed by atoms with E-state index in [0.717, 1.165) is 44.3 Å². The van der Waals surface area contributed by atoms with Crippen LogP contribution in [0.2, 0.25) is 0 Å². The Labute approximate surface area is 159 Å². The maximum absolute atomic E-state index is 12.9.